The molecule has 6 nitrogen and oxygen atoms in total. The number of carbonyl (C=O) groups is 1. The quantitative estimate of drug-likeness (QED) is 0.728. The predicted octanol–water partition coefficient (Wildman–Crippen LogP) is 3.17. The first kappa shape index (κ1) is 18.9. The van der Waals surface area contributed by atoms with Gasteiger partial charge in [0.2, 0.25) is 5.91 Å². The number of hydrogen-bond acceptors (Lipinski definition) is 5. The van der Waals surface area contributed by atoms with Crippen molar-refractivity contribution < 1.29 is 17.9 Å². The molecule has 0 aliphatic carbocycles. The number of thiophene rings is 1. The van der Waals surface area contributed by atoms with Gasteiger partial charge in [-0.1, -0.05) is 0 Å². The summed E-state index contributed by atoms with van der Waals surface area (Å²) in [5.74, 6) is 0.291. The zero-order valence-corrected chi connectivity index (χ0v) is 16.4. The summed E-state index contributed by atoms with van der Waals surface area (Å²) in [4.78, 5) is 12.1. The molecular formula is C15H17BrN2O4S2. The summed E-state index contributed by atoms with van der Waals surface area (Å²) < 4.78 is 32.0. The third-order valence-electron chi connectivity index (χ3n) is 3.03. The summed E-state index contributed by atoms with van der Waals surface area (Å²) in [7, 11) is -2.30. The monoisotopic (exact) mass is 432 g/mol. The topological polar surface area (TPSA) is 75.7 Å². The molecule has 9 heteroatoms. The second-order valence-electron chi connectivity index (χ2n) is 4.83. The van der Waals surface area contributed by atoms with Crippen LogP contribution in [-0.2, 0) is 14.8 Å². The van der Waals surface area contributed by atoms with Crippen LogP contribution in [0.5, 0.6) is 5.75 Å². The Morgan fingerprint density at radius 3 is 2.46 bits per heavy atom. The van der Waals surface area contributed by atoms with Gasteiger partial charge in [0.25, 0.3) is 10.0 Å². The lowest BCUT2D eigenvalue weighted by atomic mass is 10.3. The first-order chi connectivity index (χ1) is 11.3. The number of nitrogens with zero attached hydrogens (tertiary/aromatic N) is 1. The molecule has 1 N–H and O–H groups in total. The van der Waals surface area contributed by atoms with Crippen LogP contribution in [0.25, 0.3) is 0 Å². The normalized spacial score (nSPS) is 11.5. The lowest BCUT2D eigenvalue weighted by Gasteiger charge is -2.15. The minimum Gasteiger partial charge on any atom is -0.494 e. The van der Waals surface area contributed by atoms with Gasteiger partial charge in [-0.2, -0.15) is 4.31 Å². The minimum absolute atomic E-state index is 0.186. The van der Waals surface area contributed by atoms with E-state index in [1.54, 1.807) is 30.3 Å². The number of hydrogen-bond donors (Lipinski definition) is 1. The van der Waals surface area contributed by atoms with Gasteiger partial charge in [0, 0.05) is 12.7 Å². The van der Waals surface area contributed by atoms with E-state index in [-0.39, 0.29) is 10.8 Å². The number of halogens is 1. The van der Waals surface area contributed by atoms with Gasteiger partial charge >= 0.3 is 0 Å². The van der Waals surface area contributed by atoms with Crippen molar-refractivity contribution in [1.82, 2.24) is 4.31 Å². The van der Waals surface area contributed by atoms with Gasteiger partial charge in [-0.25, -0.2) is 8.42 Å². The van der Waals surface area contributed by atoms with Crippen LogP contribution in [0.4, 0.5) is 5.69 Å². The maximum absolute atomic E-state index is 12.4. The Bertz CT molecular complexity index is 803. The number of carbonyl (C=O) groups excluding carboxylic acids is 1. The Morgan fingerprint density at radius 1 is 1.25 bits per heavy atom. The van der Waals surface area contributed by atoms with Gasteiger partial charge in [-0.15, -0.1) is 11.3 Å². The highest BCUT2D eigenvalue weighted by Crippen LogP contribution is 2.27. The zero-order valence-electron chi connectivity index (χ0n) is 13.2. The van der Waals surface area contributed by atoms with Gasteiger partial charge in [0.05, 0.1) is 16.9 Å². The molecule has 1 aromatic heterocycles. The lowest BCUT2D eigenvalue weighted by Crippen LogP contribution is -2.34. The van der Waals surface area contributed by atoms with Crippen molar-refractivity contribution in [2.24, 2.45) is 0 Å². The second-order valence-corrected chi connectivity index (χ2v) is 9.56. The van der Waals surface area contributed by atoms with Crippen LogP contribution in [0.1, 0.15) is 6.92 Å². The molecular weight excluding hydrogens is 416 g/mol. The predicted molar refractivity (Wildman–Crippen MR) is 98.1 cm³/mol. The molecule has 130 valence electrons. The maximum Gasteiger partial charge on any atom is 0.252 e. The summed E-state index contributed by atoms with van der Waals surface area (Å²) in [5, 5.41) is 2.66. The maximum atomic E-state index is 12.4. The average molecular weight is 433 g/mol. The number of likely N-dealkylation sites (N-methyl/N-ethyl adjacent to an activating group) is 1. The number of anilines is 1. The number of nitrogens with one attached hydrogen (secondary N) is 1. The van der Waals surface area contributed by atoms with Crippen LogP contribution in [0.15, 0.2) is 44.4 Å². The number of ether oxygens (including phenoxy) is 1. The first-order valence-electron chi connectivity index (χ1n) is 7.07. The van der Waals surface area contributed by atoms with Crippen molar-refractivity contribution in [3.63, 3.8) is 0 Å². The van der Waals surface area contributed by atoms with Crippen LogP contribution in [0, 0.1) is 0 Å². The number of rotatable bonds is 7. The fourth-order valence-electron chi connectivity index (χ4n) is 1.88. The first-order valence-corrected chi connectivity index (χ1v) is 10.1. The Balaban J connectivity index is 1.98. The van der Waals surface area contributed by atoms with Crippen molar-refractivity contribution in [3.8, 4) is 5.75 Å². The fraction of sp³-hybridized carbons (Fsp3) is 0.267. The zero-order chi connectivity index (χ0) is 17.7. The Labute approximate surface area is 153 Å². The fourth-order valence-corrected chi connectivity index (χ4v) is 5.23. The smallest absolute Gasteiger partial charge is 0.252 e. The molecule has 0 aliphatic heterocycles. The summed E-state index contributed by atoms with van der Waals surface area (Å²) in [5.41, 5.74) is 0.577. The Hall–Kier alpha value is -1.42. The van der Waals surface area contributed by atoms with Crippen molar-refractivity contribution in [1.29, 1.82) is 0 Å². The highest BCUT2D eigenvalue weighted by molar-refractivity contribution is 9.11. The third kappa shape index (κ3) is 4.79. The molecule has 2 rings (SSSR count). The van der Waals surface area contributed by atoms with Gasteiger partial charge in [0.15, 0.2) is 0 Å². The summed E-state index contributed by atoms with van der Waals surface area (Å²) in [6.45, 7) is 2.18. The van der Waals surface area contributed by atoms with E-state index in [4.69, 9.17) is 4.74 Å². The van der Waals surface area contributed by atoms with Gasteiger partial charge in [-0.3, -0.25) is 4.79 Å². The van der Waals surface area contributed by atoms with E-state index in [9.17, 15) is 13.2 Å². The summed E-state index contributed by atoms with van der Waals surface area (Å²) in [6.07, 6.45) is 0. The van der Waals surface area contributed by atoms with Crippen LogP contribution >= 0.6 is 27.3 Å². The van der Waals surface area contributed by atoms with Crippen LogP contribution in [-0.4, -0.2) is 38.8 Å². The molecule has 0 bridgehead atoms. The van der Waals surface area contributed by atoms with Crippen LogP contribution in [0.2, 0.25) is 0 Å². The molecule has 0 spiro atoms. The summed E-state index contributed by atoms with van der Waals surface area (Å²) >= 11 is 4.33. The summed E-state index contributed by atoms with van der Waals surface area (Å²) in [6, 6.07) is 10.0. The standard InChI is InChI=1S/C15H17BrN2O4S2/c1-3-22-12-6-4-11(5-7-12)17-14(19)10-18(2)24(20,21)15-9-8-13(16)23-15/h4-9H,3,10H2,1-2H3,(H,17,19). The van der Waals surface area contributed by atoms with E-state index >= 15 is 0 Å². The van der Waals surface area contributed by atoms with Crippen molar-refractivity contribution in [2.75, 3.05) is 25.5 Å². The third-order valence-corrected chi connectivity index (χ3v) is 6.92. The Morgan fingerprint density at radius 2 is 1.92 bits per heavy atom. The Kier molecular flexibility index (Phi) is 6.39. The molecule has 0 fully saturated rings. The number of benzene rings is 1. The molecule has 0 unspecified atom stereocenters. The molecule has 2 aromatic rings. The van der Waals surface area contributed by atoms with Crippen LogP contribution in [0.3, 0.4) is 0 Å². The van der Waals surface area contributed by atoms with Crippen LogP contribution < -0.4 is 10.1 Å². The molecule has 0 saturated heterocycles. The van der Waals surface area contributed by atoms with E-state index in [0.29, 0.717) is 21.8 Å². The number of amides is 1. The van der Waals surface area contributed by atoms with Gasteiger partial charge in [0.1, 0.15) is 9.96 Å². The van der Waals surface area contributed by atoms with E-state index in [1.807, 2.05) is 6.92 Å². The average Bonchev–Trinajstić information content (AvgIpc) is 2.96. The molecule has 1 amide bonds. The minimum atomic E-state index is -3.68. The van der Waals surface area contributed by atoms with Gasteiger partial charge in [-0.05, 0) is 59.3 Å². The number of sulfonamides is 1. The molecule has 0 aliphatic rings. The molecule has 1 heterocycles. The van der Waals surface area contributed by atoms with Gasteiger partial charge < -0.3 is 10.1 Å². The molecule has 0 atom stereocenters. The van der Waals surface area contributed by atoms with Crippen molar-refractivity contribution in [2.45, 2.75) is 11.1 Å². The van der Waals surface area contributed by atoms with E-state index in [0.717, 1.165) is 15.6 Å². The van der Waals surface area contributed by atoms with E-state index in [2.05, 4.69) is 21.2 Å². The van der Waals surface area contributed by atoms with E-state index in [1.165, 1.54) is 13.1 Å². The lowest BCUT2D eigenvalue weighted by molar-refractivity contribution is -0.116. The molecule has 0 saturated carbocycles. The highest BCUT2D eigenvalue weighted by atomic mass is 79.9. The second kappa shape index (κ2) is 8.11. The van der Waals surface area contributed by atoms with Crippen molar-refractivity contribution >= 4 is 48.9 Å². The van der Waals surface area contributed by atoms with E-state index < -0.39 is 15.9 Å². The molecule has 1 aromatic carbocycles. The molecule has 0 radical (unpaired) electrons. The highest BCUT2D eigenvalue weighted by Gasteiger charge is 2.24. The SMILES string of the molecule is CCOc1ccc(NC(=O)CN(C)S(=O)(=O)c2ccc(Br)s2)cc1. The largest absolute Gasteiger partial charge is 0.494 e. The molecule has 24 heavy (non-hydrogen) atoms. The van der Waals surface area contributed by atoms with Crippen molar-refractivity contribution in [3.05, 3.63) is 40.2 Å².